The zero-order chi connectivity index (χ0) is 33.3. The quantitative estimate of drug-likeness (QED) is 0.133. The van der Waals surface area contributed by atoms with Crippen LogP contribution in [0.25, 0.3) is 33.4 Å². The molecule has 0 saturated heterocycles. The Morgan fingerprint density at radius 2 is 1.64 bits per heavy atom. The molecule has 0 aliphatic carbocycles. The summed E-state index contributed by atoms with van der Waals surface area (Å²) in [6.45, 7) is 2.19. The van der Waals surface area contributed by atoms with E-state index in [4.69, 9.17) is 4.42 Å². The summed E-state index contributed by atoms with van der Waals surface area (Å²) < 4.78 is 100. The summed E-state index contributed by atoms with van der Waals surface area (Å²) in [5, 5.41) is 2.25. The molecule has 1 N–H and O–H groups in total. The number of ketones is 1. The van der Waals surface area contributed by atoms with Gasteiger partial charge in [0.05, 0.1) is 24.2 Å². The number of anilines is 1. The van der Waals surface area contributed by atoms with Crippen molar-refractivity contribution in [2.75, 3.05) is 23.8 Å². The van der Waals surface area contributed by atoms with Crippen molar-refractivity contribution >= 4 is 38.4 Å². The third-order valence-corrected chi connectivity index (χ3v) is 8.43. The number of benzene rings is 3. The maximum atomic E-state index is 13.7. The number of amides is 1. The molecule has 240 valence electrons. The van der Waals surface area contributed by atoms with Gasteiger partial charge in [0.2, 0.25) is 10.0 Å². The smallest absolute Gasteiger partial charge is 0.410 e. The lowest BCUT2D eigenvalue weighted by Crippen LogP contribution is -2.54. The Bertz CT molecular complexity index is 1850. The first-order valence-electron chi connectivity index (χ1n) is 13.9. The van der Waals surface area contributed by atoms with Crippen LogP contribution in [0.3, 0.4) is 0 Å². The zero-order valence-electron chi connectivity index (χ0n) is 24.9. The van der Waals surface area contributed by atoms with E-state index in [1.54, 1.807) is 6.92 Å². The highest BCUT2D eigenvalue weighted by atomic mass is 32.2. The molecule has 1 amide bonds. The number of furan rings is 1. The van der Waals surface area contributed by atoms with Crippen molar-refractivity contribution in [3.05, 3.63) is 77.6 Å². The van der Waals surface area contributed by atoms with Gasteiger partial charge in [-0.25, -0.2) is 12.8 Å². The number of carbonyl (C=O) groups excluding carboxylic acids is 2. The number of nitrogens with zero attached hydrogens (tertiary/aromatic N) is 1. The normalized spacial score (nSPS) is 12.4. The van der Waals surface area contributed by atoms with E-state index in [1.807, 2.05) is 5.32 Å². The molecular weight excluding hydrogens is 619 g/mol. The first kappa shape index (κ1) is 33.6. The number of Topliss-reactive ketones (excluding diaryl/α,β-unsaturated/α-hetero) is 1. The van der Waals surface area contributed by atoms with Gasteiger partial charge in [0, 0.05) is 41.1 Å². The first-order chi connectivity index (χ1) is 21.0. The summed E-state index contributed by atoms with van der Waals surface area (Å²) in [6, 6.07) is 13.7. The van der Waals surface area contributed by atoms with Crippen LogP contribution in [0.5, 0.6) is 0 Å². The second-order valence-electron chi connectivity index (χ2n) is 11.0. The summed E-state index contributed by atoms with van der Waals surface area (Å²) >= 11 is 0. The molecule has 1 aromatic heterocycles. The van der Waals surface area contributed by atoms with E-state index in [-0.39, 0.29) is 69.8 Å². The molecule has 0 atom stereocenters. The summed E-state index contributed by atoms with van der Waals surface area (Å²) in [4.78, 5) is 26.2. The molecule has 0 fully saturated rings. The van der Waals surface area contributed by atoms with Gasteiger partial charge in [0.1, 0.15) is 22.7 Å². The summed E-state index contributed by atoms with van der Waals surface area (Å²) in [7, 11) is -4.03. The number of carbonyl (C=O) groups is 2. The molecule has 0 aliphatic heterocycles. The molecule has 0 radical (unpaired) electrons. The molecule has 0 unspecified atom stereocenters. The van der Waals surface area contributed by atoms with Crippen LogP contribution in [0, 0.1) is 5.82 Å². The maximum Gasteiger partial charge on any atom is 0.410 e. The largest absolute Gasteiger partial charge is 0.455 e. The fourth-order valence-corrected chi connectivity index (χ4v) is 5.72. The lowest BCUT2D eigenvalue weighted by atomic mass is 9.95. The van der Waals surface area contributed by atoms with Gasteiger partial charge >= 0.3 is 6.18 Å². The molecule has 4 aromatic rings. The third kappa shape index (κ3) is 7.03. The molecule has 13 heteroatoms. The van der Waals surface area contributed by atoms with Crippen molar-refractivity contribution in [1.29, 1.82) is 0 Å². The van der Waals surface area contributed by atoms with Gasteiger partial charge in [-0.2, -0.15) is 13.2 Å². The highest BCUT2D eigenvalue weighted by Crippen LogP contribution is 2.42. The van der Waals surface area contributed by atoms with Crippen LogP contribution < -0.4 is 9.62 Å². The molecule has 7 nitrogen and oxygen atoms in total. The Labute approximate surface area is 257 Å². The topological polar surface area (TPSA) is 96.7 Å². The fourth-order valence-electron chi connectivity index (χ4n) is 4.75. The Hall–Kier alpha value is -4.26. The predicted octanol–water partition coefficient (Wildman–Crippen LogP) is 7.69. The molecule has 0 spiro atoms. The van der Waals surface area contributed by atoms with Gasteiger partial charge in [0.15, 0.2) is 5.78 Å². The number of halogens is 5. The lowest BCUT2D eigenvalue weighted by molar-refractivity contribution is -0.182. The second-order valence-corrected chi connectivity index (χ2v) is 12.9. The third-order valence-electron chi connectivity index (χ3n) is 7.25. The van der Waals surface area contributed by atoms with Gasteiger partial charge in [-0.3, -0.25) is 18.3 Å². The van der Waals surface area contributed by atoms with Crippen LogP contribution in [0.15, 0.2) is 65.1 Å². The molecule has 3 aromatic carbocycles. The summed E-state index contributed by atoms with van der Waals surface area (Å²) in [5.41, 5.74) is -1.59. The van der Waals surface area contributed by atoms with Crippen molar-refractivity contribution in [3.8, 4) is 22.5 Å². The van der Waals surface area contributed by atoms with Crippen molar-refractivity contribution in [1.82, 2.24) is 5.32 Å². The molecule has 4 rings (SSSR count). The predicted molar refractivity (Wildman–Crippen MR) is 162 cm³/mol. The number of alkyl halides is 4. The van der Waals surface area contributed by atoms with Crippen molar-refractivity contribution in [2.24, 2.45) is 0 Å². The monoisotopic (exact) mass is 650 g/mol. The molecule has 0 saturated carbocycles. The van der Waals surface area contributed by atoms with E-state index < -0.39 is 40.1 Å². The van der Waals surface area contributed by atoms with Gasteiger partial charge in [0.25, 0.3) is 5.91 Å². The minimum absolute atomic E-state index is 0.0292. The van der Waals surface area contributed by atoms with Crippen LogP contribution in [0.2, 0.25) is 0 Å². The number of hydrogen-bond donors (Lipinski definition) is 1. The summed E-state index contributed by atoms with van der Waals surface area (Å²) in [6.07, 6.45) is -3.90. The molecular formula is C32H31F5N2O5S. The highest BCUT2D eigenvalue weighted by molar-refractivity contribution is 7.92. The standard InChI is InChI=1S/C32H31F5N2O5S/c1-5-26(40)28-24-17-23(20-8-6-9-21(16-20)30(41)38-31(2,3)32(35,36)37)25(39(15-7-14-33)45(4,42)43)18-27(24)44-29(28)19-10-12-22(34)13-11-19/h6,8-13,16-18H,5,7,14-15H2,1-4H3,(H,38,41). The van der Waals surface area contributed by atoms with E-state index in [1.165, 1.54) is 60.7 Å². The van der Waals surface area contributed by atoms with Gasteiger partial charge < -0.3 is 9.73 Å². The van der Waals surface area contributed by atoms with Crippen molar-refractivity contribution in [2.45, 2.75) is 45.3 Å². The van der Waals surface area contributed by atoms with Crippen molar-refractivity contribution in [3.63, 3.8) is 0 Å². The fraction of sp³-hybridized carbons (Fsp3) is 0.312. The Kier molecular flexibility index (Phi) is 9.43. The van der Waals surface area contributed by atoms with Crippen LogP contribution in [0.1, 0.15) is 54.3 Å². The van der Waals surface area contributed by atoms with Crippen LogP contribution >= 0.6 is 0 Å². The minimum atomic E-state index is -4.74. The molecule has 0 bridgehead atoms. The van der Waals surface area contributed by atoms with E-state index in [0.29, 0.717) is 5.56 Å². The van der Waals surface area contributed by atoms with Gasteiger partial charge in [-0.15, -0.1) is 0 Å². The van der Waals surface area contributed by atoms with Gasteiger partial charge in [-0.1, -0.05) is 19.1 Å². The SMILES string of the molecule is CCC(=O)c1c(-c2ccc(F)cc2)oc2cc(N(CCCF)S(C)(=O)=O)c(-c3cccc(C(=O)NC(C)(C)C(F)(F)F)c3)cc12. The Morgan fingerprint density at radius 3 is 2.22 bits per heavy atom. The Balaban J connectivity index is 2.01. The first-order valence-corrected chi connectivity index (χ1v) is 15.8. The summed E-state index contributed by atoms with van der Waals surface area (Å²) in [5.74, 6) is -1.74. The Morgan fingerprint density at radius 1 is 0.978 bits per heavy atom. The van der Waals surface area contributed by atoms with E-state index in [2.05, 4.69) is 0 Å². The van der Waals surface area contributed by atoms with E-state index in [0.717, 1.165) is 24.4 Å². The highest BCUT2D eigenvalue weighted by Gasteiger charge is 2.48. The van der Waals surface area contributed by atoms with Gasteiger partial charge in [-0.05, 0) is 68.3 Å². The van der Waals surface area contributed by atoms with Crippen molar-refractivity contribution < 1.29 is 44.4 Å². The zero-order valence-corrected chi connectivity index (χ0v) is 25.7. The number of nitrogens with one attached hydrogen (secondary N) is 1. The number of hydrogen-bond acceptors (Lipinski definition) is 5. The number of fused-ring (bicyclic) bond motifs is 1. The minimum Gasteiger partial charge on any atom is -0.455 e. The lowest BCUT2D eigenvalue weighted by Gasteiger charge is -2.29. The van der Waals surface area contributed by atoms with Crippen LogP contribution in [-0.4, -0.2) is 51.3 Å². The average molecular weight is 651 g/mol. The number of sulfonamides is 1. The molecule has 0 aliphatic rings. The molecule has 1 heterocycles. The van der Waals surface area contributed by atoms with Crippen LogP contribution in [-0.2, 0) is 10.0 Å². The number of rotatable bonds is 11. The van der Waals surface area contributed by atoms with E-state index in [9.17, 15) is 40.0 Å². The van der Waals surface area contributed by atoms with Crippen LogP contribution in [0.4, 0.5) is 27.6 Å². The maximum absolute atomic E-state index is 13.7. The molecule has 45 heavy (non-hydrogen) atoms. The second kappa shape index (κ2) is 12.6. The van der Waals surface area contributed by atoms with E-state index >= 15 is 0 Å². The average Bonchev–Trinajstić information content (AvgIpc) is 3.34.